The molecule has 0 heterocycles. The third-order valence-corrected chi connectivity index (χ3v) is 3.46. The molecular formula is C17H27N3O2. The number of amides is 3. The SMILES string of the molecule is CCCNC(=O)[C@@H](C)NC(=O)Nc1c(C)cccc1C(C)C. The van der Waals surface area contributed by atoms with Crippen LogP contribution < -0.4 is 16.0 Å². The number of rotatable bonds is 6. The Morgan fingerprint density at radius 3 is 2.45 bits per heavy atom. The normalized spacial score (nSPS) is 11.9. The van der Waals surface area contributed by atoms with E-state index in [1.807, 2.05) is 32.0 Å². The van der Waals surface area contributed by atoms with Gasteiger partial charge in [-0.15, -0.1) is 0 Å². The van der Waals surface area contributed by atoms with Crippen molar-refractivity contribution in [1.82, 2.24) is 10.6 Å². The molecule has 1 aromatic carbocycles. The average Bonchev–Trinajstić information content (AvgIpc) is 2.46. The van der Waals surface area contributed by atoms with Crippen LogP contribution in [0.1, 0.15) is 51.2 Å². The Labute approximate surface area is 132 Å². The van der Waals surface area contributed by atoms with Crippen LogP contribution in [0.15, 0.2) is 18.2 Å². The number of carbonyl (C=O) groups excluding carboxylic acids is 2. The van der Waals surface area contributed by atoms with Crippen molar-refractivity contribution in [1.29, 1.82) is 0 Å². The smallest absolute Gasteiger partial charge is 0.319 e. The Bertz CT molecular complexity index is 527. The molecule has 0 radical (unpaired) electrons. The van der Waals surface area contributed by atoms with Gasteiger partial charge in [-0.3, -0.25) is 4.79 Å². The van der Waals surface area contributed by atoms with Crippen molar-refractivity contribution in [3.63, 3.8) is 0 Å². The predicted octanol–water partition coefficient (Wildman–Crippen LogP) is 3.15. The second-order valence-corrected chi connectivity index (χ2v) is 5.81. The second-order valence-electron chi connectivity index (χ2n) is 5.81. The molecule has 0 aliphatic heterocycles. The average molecular weight is 305 g/mol. The maximum absolute atomic E-state index is 12.1. The molecule has 0 aromatic heterocycles. The summed E-state index contributed by atoms with van der Waals surface area (Å²) in [5, 5.41) is 8.30. The quantitative estimate of drug-likeness (QED) is 0.755. The van der Waals surface area contributed by atoms with E-state index in [-0.39, 0.29) is 11.9 Å². The van der Waals surface area contributed by atoms with Crippen LogP contribution in [0.5, 0.6) is 0 Å². The van der Waals surface area contributed by atoms with Gasteiger partial charge >= 0.3 is 6.03 Å². The van der Waals surface area contributed by atoms with Crippen LogP contribution in [-0.2, 0) is 4.79 Å². The third kappa shape index (κ3) is 5.06. The summed E-state index contributed by atoms with van der Waals surface area (Å²) in [6, 6.07) is 5.01. The van der Waals surface area contributed by atoms with E-state index in [2.05, 4.69) is 29.8 Å². The summed E-state index contributed by atoms with van der Waals surface area (Å²) < 4.78 is 0. The number of para-hydroxylation sites is 1. The van der Waals surface area contributed by atoms with Crippen molar-refractivity contribution >= 4 is 17.6 Å². The lowest BCUT2D eigenvalue weighted by Crippen LogP contribution is -2.46. The maximum atomic E-state index is 12.1. The van der Waals surface area contributed by atoms with E-state index < -0.39 is 6.04 Å². The molecule has 1 rings (SSSR count). The van der Waals surface area contributed by atoms with Crippen molar-refractivity contribution < 1.29 is 9.59 Å². The Kier molecular flexibility index (Phi) is 6.89. The summed E-state index contributed by atoms with van der Waals surface area (Å²) in [5.74, 6) is 0.131. The van der Waals surface area contributed by atoms with Crippen molar-refractivity contribution in [3.8, 4) is 0 Å². The fourth-order valence-electron chi connectivity index (χ4n) is 2.16. The van der Waals surface area contributed by atoms with Gasteiger partial charge in [0.15, 0.2) is 0 Å². The Morgan fingerprint density at radius 1 is 1.18 bits per heavy atom. The molecule has 22 heavy (non-hydrogen) atoms. The van der Waals surface area contributed by atoms with E-state index >= 15 is 0 Å². The van der Waals surface area contributed by atoms with Crippen molar-refractivity contribution in [3.05, 3.63) is 29.3 Å². The Balaban J connectivity index is 2.72. The highest BCUT2D eigenvalue weighted by molar-refractivity contribution is 5.94. The summed E-state index contributed by atoms with van der Waals surface area (Å²) in [7, 11) is 0. The molecule has 122 valence electrons. The van der Waals surface area contributed by atoms with Gasteiger partial charge in [0.1, 0.15) is 6.04 Å². The van der Waals surface area contributed by atoms with Crippen LogP contribution in [-0.4, -0.2) is 24.5 Å². The maximum Gasteiger partial charge on any atom is 0.319 e. The lowest BCUT2D eigenvalue weighted by Gasteiger charge is -2.19. The van der Waals surface area contributed by atoms with E-state index in [0.29, 0.717) is 12.5 Å². The van der Waals surface area contributed by atoms with Gasteiger partial charge in [0.05, 0.1) is 0 Å². The standard InChI is InChI=1S/C17H27N3O2/c1-6-10-18-16(21)13(5)19-17(22)20-15-12(4)8-7-9-14(15)11(2)3/h7-9,11,13H,6,10H2,1-5H3,(H,18,21)(H2,19,20,22)/t13-/m1/s1. The molecule has 0 saturated carbocycles. The number of carbonyl (C=O) groups is 2. The number of hydrogen-bond donors (Lipinski definition) is 3. The molecule has 3 N–H and O–H groups in total. The van der Waals surface area contributed by atoms with E-state index in [4.69, 9.17) is 0 Å². The molecular weight excluding hydrogens is 278 g/mol. The number of anilines is 1. The van der Waals surface area contributed by atoms with Crippen LogP contribution in [0.4, 0.5) is 10.5 Å². The molecule has 0 aliphatic rings. The van der Waals surface area contributed by atoms with Crippen LogP contribution in [0.25, 0.3) is 0 Å². The first kappa shape index (κ1) is 18.0. The first-order valence-corrected chi connectivity index (χ1v) is 7.81. The lowest BCUT2D eigenvalue weighted by molar-refractivity contribution is -0.122. The van der Waals surface area contributed by atoms with Gasteiger partial charge < -0.3 is 16.0 Å². The van der Waals surface area contributed by atoms with Crippen molar-refractivity contribution in [2.45, 2.75) is 53.0 Å². The first-order chi connectivity index (χ1) is 10.4. The highest BCUT2D eigenvalue weighted by atomic mass is 16.2. The Hall–Kier alpha value is -2.04. The molecule has 0 saturated heterocycles. The van der Waals surface area contributed by atoms with Gasteiger partial charge in [-0.1, -0.05) is 39.0 Å². The van der Waals surface area contributed by atoms with Gasteiger partial charge in [0.25, 0.3) is 0 Å². The minimum Gasteiger partial charge on any atom is -0.354 e. The number of nitrogens with one attached hydrogen (secondary N) is 3. The summed E-state index contributed by atoms with van der Waals surface area (Å²) in [5.41, 5.74) is 2.90. The minimum absolute atomic E-state index is 0.175. The highest BCUT2D eigenvalue weighted by Crippen LogP contribution is 2.27. The zero-order valence-corrected chi connectivity index (χ0v) is 14.1. The van der Waals surface area contributed by atoms with Crippen LogP contribution in [0.3, 0.4) is 0 Å². The summed E-state index contributed by atoms with van der Waals surface area (Å²) in [6.45, 7) is 10.4. The molecule has 1 aromatic rings. The van der Waals surface area contributed by atoms with Gasteiger partial charge in [-0.05, 0) is 37.3 Å². The number of hydrogen-bond acceptors (Lipinski definition) is 2. The van der Waals surface area contributed by atoms with E-state index in [9.17, 15) is 9.59 Å². The van der Waals surface area contributed by atoms with Crippen molar-refractivity contribution in [2.24, 2.45) is 0 Å². The molecule has 0 fully saturated rings. The van der Waals surface area contributed by atoms with Gasteiger partial charge in [0, 0.05) is 12.2 Å². The van der Waals surface area contributed by atoms with Gasteiger partial charge in [-0.25, -0.2) is 4.79 Å². The Morgan fingerprint density at radius 2 is 1.86 bits per heavy atom. The zero-order chi connectivity index (χ0) is 16.7. The van der Waals surface area contributed by atoms with Crippen LogP contribution in [0, 0.1) is 6.92 Å². The third-order valence-electron chi connectivity index (χ3n) is 3.46. The van der Waals surface area contributed by atoms with Crippen LogP contribution >= 0.6 is 0 Å². The molecule has 0 spiro atoms. The van der Waals surface area contributed by atoms with Crippen molar-refractivity contribution in [2.75, 3.05) is 11.9 Å². The van der Waals surface area contributed by atoms with Gasteiger partial charge in [-0.2, -0.15) is 0 Å². The summed E-state index contributed by atoms with van der Waals surface area (Å²) >= 11 is 0. The summed E-state index contributed by atoms with van der Waals surface area (Å²) in [6.07, 6.45) is 0.867. The fourth-order valence-corrected chi connectivity index (χ4v) is 2.16. The largest absolute Gasteiger partial charge is 0.354 e. The highest BCUT2D eigenvalue weighted by Gasteiger charge is 2.17. The lowest BCUT2D eigenvalue weighted by atomic mass is 9.98. The second kappa shape index (κ2) is 8.41. The van der Waals surface area contributed by atoms with Gasteiger partial charge in [0.2, 0.25) is 5.91 Å². The molecule has 0 unspecified atom stereocenters. The molecule has 5 heteroatoms. The monoisotopic (exact) mass is 305 g/mol. The molecule has 0 aliphatic carbocycles. The molecule has 0 bridgehead atoms. The van der Waals surface area contributed by atoms with E-state index in [0.717, 1.165) is 23.2 Å². The summed E-state index contributed by atoms with van der Waals surface area (Å²) in [4.78, 5) is 23.9. The fraction of sp³-hybridized carbons (Fsp3) is 0.529. The molecule has 1 atom stereocenters. The first-order valence-electron chi connectivity index (χ1n) is 7.81. The topological polar surface area (TPSA) is 70.2 Å². The number of benzene rings is 1. The molecule has 5 nitrogen and oxygen atoms in total. The minimum atomic E-state index is -0.571. The predicted molar refractivity (Wildman–Crippen MR) is 90.2 cm³/mol. The molecule has 3 amide bonds. The number of urea groups is 1. The number of aryl methyl sites for hydroxylation is 1. The van der Waals surface area contributed by atoms with E-state index in [1.54, 1.807) is 6.92 Å². The zero-order valence-electron chi connectivity index (χ0n) is 14.1. The van der Waals surface area contributed by atoms with E-state index in [1.165, 1.54) is 0 Å². The van der Waals surface area contributed by atoms with Crippen LogP contribution in [0.2, 0.25) is 0 Å².